The molecule has 0 amide bonds. The molecule has 0 bridgehead atoms. The topological polar surface area (TPSA) is 85.6 Å². The lowest BCUT2D eigenvalue weighted by Gasteiger charge is -2.13. The lowest BCUT2D eigenvalue weighted by atomic mass is 10.0. The third-order valence-electron chi connectivity index (χ3n) is 5.44. The first-order valence-electron chi connectivity index (χ1n) is 10.4. The molecule has 0 unspecified atom stereocenters. The number of hydrogen-bond acceptors (Lipinski definition) is 4. The molecule has 160 valence electrons. The van der Waals surface area contributed by atoms with Gasteiger partial charge >= 0.3 is 5.69 Å². The van der Waals surface area contributed by atoms with Crippen LogP contribution in [-0.4, -0.2) is 18.7 Å². The first-order chi connectivity index (χ1) is 15.4. The molecule has 32 heavy (non-hydrogen) atoms. The van der Waals surface area contributed by atoms with E-state index in [1.807, 2.05) is 30.3 Å². The molecule has 0 atom stereocenters. The normalized spacial score (nSPS) is 11.1. The molecule has 0 saturated heterocycles. The SMILES string of the molecule is C=CCn1c(=O)c2c(ncn2Cc2cccc(C#N)c2)n(-c2ccc(C(C)C)cc2)c1=O. The fourth-order valence-electron chi connectivity index (χ4n) is 3.77. The summed E-state index contributed by atoms with van der Waals surface area (Å²) in [5.74, 6) is 0.360. The zero-order valence-electron chi connectivity index (χ0n) is 18.0. The largest absolute Gasteiger partial charge is 0.337 e. The van der Waals surface area contributed by atoms with Crippen LogP contribution >= 0.6 is 0 Å². The van der Waals surface area contributed by atoms with Crippen LogP contribution in [0.4, 0.5) is 0 Å². The second-order valence-corrected chi connectivity index (χ2v) is 7.93. The predicted octanol–water partition coefficient (Wildman–Crippen LogP) is 3.58. The van der Waals surface area contributed by atoms with Crippen molar-refractivity contribution in [1.82, 2.24) is 18.7 Å². The summed E-state index contributed by atoms with van der Waals surface area (Å²) in [6, 6.07) is 17.0. The first-order valence-corrected chi connectivity index (χ1v) is 10.4. The summed E-state index contributed by atoms with van der Waals surface area (Å²) >= 11 is 0. The van der Waals surface area contributed by atoms with E-state index in [2.05, 4.69) is 31.5 Å². The lowest BCUT2D eigenvalue weighted by Crippen LogP contribution is -2.39. The second-order valence-electron chi connectivity index (χ2n) is 7.93. The molecule has 0 spiro atoms. The molecule has 7 nitrogen and oxygen atoms in total. The van der Waals surface area contributed by atoms with Gasteiger partial charge in [-0.3, -0.25) is 9.36 Å². The molecule has 0 aliphatic heterocycles. The van der Waals surface area contributed by atoms with E-state index in [4.69, 9.17) is 0 Å². The molecule has 2 heterocycles. The molecular weight excluding hydrogens is 402 g/mol. The van der Waals surface area contributed by atoms with Crippen molar-refractivity contribution in [3.63, 3.8) is 0 Å². The molecule has 4 rings (SSSR count). The summed E-state index contributed by atoms with van der Waals surface area (Å²) in [4.78, 5) is 30.9. The summed E-state index contributed by atoms with van der Waals surface area (Å²) in [5, 5.41) is 9.18. The monoisotopic (exact) mass is 425 g/mol. The molecule has 0 N–H and O–H groups in total. The van der Waals surface area contributed by atoms with Crippen LogP contribution in [0.15, 0.2) is 77.1 Å². The maximum atomic E-state index is 13.3. The fourth-order valence-corrected chi connectivity index (χ4v) is 3.77. The Morgan fingerprint density at radius 3 is 2.56 bits per heavy atom. The van der Waals surface area contributed by atoms with Crippen molar-refractivity contribution in [2.24, 2.45) is 0 Å². The number of nitrogens with zero attached hydrogens (tertiary/aromatic N) is 5. The minimum Gasteiger partial charge on any atom is -0.320 e. The smallest absolute Gasteiger partial charge is 0.320 e. The average Bonchev–Trinajstić information content (AvgIpc) is 3.20. The van der Waals surface area contributed by atoms with Gasteiger partial charge in [0.15, 0.2) is 11.2 Å². The average molecular weight is 425 g/mol. The van der Waals surface area contributed by atoms with E-state index in [0.29, 0.717) is 34.9 Å². The Hall–Kier alpha value is -4.18. The number of rotatable bonds is 6. The Bertz CT molecular complexity index is 1460. The highest BCUT2D eigenvalue weighted by molar-refractivity contribution is 5.72. The van der Waals surface area contributed by atoms with Gasteiger partial charge in [0.25, 0.3) is 5.56 Å². The van der Waals surface area contributed by atoms with E-state index >= 15 is 0 Å². The van der Waals surface area contributed by atoms with Crippen LogP contribution in [0.25, 0.3) is 16.9 Å². The Morgan fingerprint density at radius 2 is 1.91 bits per heavy atom. The van der Waals surface area contributed by atoms with Crippen LogP contribution in [-0.2, 0) is 13.1 Å². The third-order valence-corrected chi connectivity index (χ3v) is 5.44. The van der Waals surface area contributed by atoms with Crippen LogP contribution in [0.5, 0.6) is 0 Å². The molecule has 7 heteroatoms. The highest BCUT2D eigenvalue weighted by Gasteiger charge is 2.19. The summed E-state index contributed by atoms with van der Waals surface area (Å²) in [5.41, 5.74) is 2.93. The van der Waals surface area contributed by atoms with Crippen molar-refractivity contribution in [3.05, 3.63) is 105 Å². The lowest BCUT2D eigenvalue weighted by molar-refractivity contribution is 0.690. The van der Waals surface area contributed by atoms with E-state index in [0.717, 1.165) is 15.7 Å². The first kappa shape index (κ1) is 21.1. The zero-order valence-corrected chi connectivity index (χ0v) is 18.0. The van der Waals surface area contributed by atoms with Gasteiger partial charge in [0.1, 0.15) is 0 Å². The third kappa shape index (κ3) is 3.67. The van der Waals surface area contributed by atoms with Gasteiger partial charge in [-0.2, -0.15) is 5.26 Å². The van der Waals surface area contributed by atoms with Gasteiger partial charge in [0.2, 0.25) is 0 Å². The predicted molar refractivity (Wildman–Crippen MR) is 124 cm³/mol. The van der Waals surface area contributed by atoms with Gasteiger partial charge in [0.05, 0.1) is 23.6 Å². The van der Waals surface area contributed by atoms with Gasteiger partial charge in [-0.15, -0.1) is 6.58 Å². The van der Waals surface area contributed by atoms with Crippen LogP contribution < -0.4 is 11.2 Å². The molecule has 0 saturated carbocycles. The minimum atomic E-state index is -0.462. The Morgan fingerprint density at radius 1 is 1.16 bits per heavy atom. The van der Waals surface area contributed by atoms with Crippen LogP contribution in [0, 0.1) is 11.3 Å². The number of imidazole rings is 1. The van der Waals surface area contributed by atoms with Crippen molar-refractivity contribution in [2.75, 3.05) is 0 Å². The maximum absolute atomic E-state index is 13.3. The van der Waals surface area contributed by atoms with Crippen LogP contribution in [0.2, 0.25) is 0 Å². The Kier molecular flexibility index (Phi) is 5.61. The highest BCUT2D eigenvalue weighted by atomic mass is 16.2. The second kappa shape index (κ2) is 8.52. The van der Waals surface area contributed by atoms with E-state index in [1.165, 1.54) is 10.6 Å². The number of benzene rings is 2. The number of nitriles is 1. The molecule has 2 aromatic heterocycles. The minimum absolute atomic E-state index is 0.0901. The van der Waals surface area contributed by atoms with Gasteiger partial charge in [-0.1, -0.05) is 44.2 Å². The van der Waals surface area contributed by atoms with E-state index in [1.54, 1.807) is 29.1 Å². The maximum Gasteiger partial charge on any atom is 0.337 e. The summed E-state index contributed by atoms with van der Waals surface area (Å²) in [6.45, 7) is 8.33. The van der Waals surface area contributed by atoms with Gasteiger partial charge in [0, 0.05) is 13.1 Å². The van der Waals surface area contributed by atoms with Gasteiger partial charge < -0.3 is 4.57 Å². The molecule has 0 aliphatic carbocycles. The molecule has 0 aliphatic rings. The molecule has 0 radical (unpaired) electrons. The molecule has 2 aromatic carbocycles. The Labute approximate surface area is 185 Å². The molecular formula is C25H23N5O2. The number of aromatic nitrogens is 4. The van der Waals surface area contributed by atoms with Gasteiger partial charge in [-0.05, 0) is 41.3 Å². The van der Waals surface area contributed by atoms with E-state index < -0.39 is 11.2 Å². The van der Waals surface area contributed by atoms with Crippen LogP contribution in [0.1, 0.15) is 36.5 Å². The summed E-state index contributed by atoms with van der Waals surface area (Å²) in [7, 11) is 0. The fraction of sp³-hybridized carbons (Fsp3) is 0.200. The standard InChI is InChI=1S/C25H23N5O2/c1-4-12-29-24(31)22-23(27-16-28(22)15-19-7-5-6-18(13-19)14-26)30(25(29)32)21-10-8-20(9-11-21)17(2)3/h4-11,13,16-17H,1,12,15H2,2-3H3. The van der Waals surface area contributed by atoms with Crippen molar-refractivity contribution in [2.45, 2.75) is 32.9 Å². The molecule has 4 aromatic rings. The van der Waals surface area contributed by atoms with E-state index in [9.17, 15) is 14.9 Å². The van der Waals surface area contributed by atoms with Gasteiger partial charge in [-0.25, -0.2) is 14.3 Å². The van der Waals surface area contributed by atoms with Crippen molar-refractivity contribution in [3.8, 4) is 11.8 Å². The van der Waals surface area contributed by atoms with E-state index in [-0.39, 0.29) is 6.54 Å². The zero-order chi connectivity index (χ0) is 22.8. The molecule has 0 fully saturated rings. The summed E-state index contributed by atoms with van der Waals surface area (Å²) < 4.78 is 4.34. The number of hydrogen-bond donors (Lipinski definition) is 0. The highest BCUT2D eigenvalue weighted by Crippen LogP contribution is 2.19. The number of allylic oxidation sites excluding steroid dienone is 1. The number of fused-ring (bicyclic) bond motifs is 1. The Balaban J connectivity index is 1.94. The van der Waals surface area contributed by atoms with Crippen molar-refractivity contribution in [1.29, 1.82) is 5.26 Å². The summed E-state index contributed by atoms with van der Waals surface area (Å²) in [6.07, 6.45) is 3.08. The van der Waals surface area contributed by atoms with Crippen molar-refractivity contribution < 1.29 is 0 Å². The van der Waals surface area contributed by atoms with Crippen LogP contribution in [0.3, 0.4) is 0 Å². The van der Waals surface area contributed by atoms with Crippen molar-refractivity contribution >= 4 is 11.2 Å². The quantitative estimate of drug-likeness (QED) is 0.442.